The number of carbonyl (C=O) groups is 1. The van der Waals surface area contributed by atoms with Gasteiger partial charge in [0.1, 0.15) is 11.8 Å². The van der Waals surface area contributed by atoms with Gasteiger partial charge in [-0.2, -0.15) is 0 Å². The zero-order chi connectivity index (χ0) is 19.7. The number of aliphatic carboxylic acids is 1. The van der Waals surface area contributed by atoms with Crippen LogP contribution in [0.2, 0.25) is 0 Å². The summed E-state index contributed by atoms with van der Waals surface area (Å²) in [7, 11) is 1.66. The molecule has 4 rings (SSSR count). The second-order valence-electron chi connectivity index (χ2n) is 7.09. The number of likely N-dealkylation sites (tertiary alicyclic amines) is 1. The van der Waals surface area contributed by atoms with Gasteiger partial charge >= 0.3 is 5.97 Å². The lowest BCUT2D eigenvalue weighted by Gasteiger charge is -2.33. The van der Waals surface area contributed by atoms with Crippen molar-refractivity contribution in [2.75, 3.05) is 13.7 Å². The zero-order valence-electron chi connectivity index (χ0n) is 15.6. The summed E-state index contributed by atoms with van der Waals surface area (Å²) in [6.07, 6.45) is 1.53. The highest BCUT2D eigenvalue weighted by Crippen LogP contribution is 2.42. The van der Waals surface area contributed by atoms with E-state index in [0.29, 0.717) is 6.42 Å². The predicted octanol–water partition coefficient (Wildman–Crippen LogP) is 5.25. The molecule has 0 amide bonds. The average Bonchev–Trinajstić information content (AvgIpc) is 3.18. The first kappa shape index (κ1) is 19.0. The highest BCUT2D eigenvalue weighted by Gasteiger charge is 2.38. The van der Waals surface area contributed by atoms with Crippen LogP contribution < -0.4 is 4.74 Å². The van der Waals surface area contributed by atoms with Crippen LogP contribution in [-0.4, -0.2) is 35.7 Å². The van der Waals surface area contributed by atoms with E-state index in [1.54, 1.807) is 7.11 Å². The van der Waals surface area contributed by atoms with E-state index in [2.05, 4.69) is 45.1 Å². The summed E-state index contributed by atoms with van der Waals surface area (Å²) in [5.41, 5.74) is 2.07. The van der Waals surface area contributed by atoms with Crippen LogP contribution >= 0.6 is 15.9 Å². The summed E-state index contributed by atoms with van der Waals surface area (Å²) in [5.74, 6) is -0.00567. The largest absolute Gasteiger partial charge is 0.496 e. The molecule has 144 valence electrons. The van der Waals surface area contributed by atoms with E-state index in [4.69, 9.17) is 4.74 Å². The van der Waals surface area contributed by atoms with Gasteiger partial charge in [-0.25, -0.2) is 0 Å². The number of ether oxygens (including phenoxy) is 1. The monoisotopic (exact) mass is 439 g/mol. The number of hydrogen-bond donors (Lipinski definition) is 1. The number of carboxylic acid groups (broad SMARTS) is 1. The minimum Gasteiger partial charge on any atom is -0.496 e. The molecule has 5 heteroatoms. The van der Waals surface area contributed by atoms with Crippen LogP contribution in [0.25, 0.3) is 10.8 Å². The molecule has 0 aromatic heterocycles. The van der Waals surface area contributed by atoms with Crippen LogP contribution in [-0.2, 0) is 4.79 Å². The van der Waals surface area contributed by atoms with Crippen LogP contribution in [0.5, 0.6) is 5.75 Å². The molecule has 1 aliphatic rings. The van der Waals surface area contributed by atoms with Crippen molar-refractivity contribution in [1.29, 1.82) is 0 Å². The minimum absolute atomic E-state index is 0.206. The topological polar surface area (TPSA) is 49.8 Å². The number of hydrogen-bond acceptors (Lipinski definition) is 3. The molecule has 0 aliphatic carbocycles. The van der Waals surface area contributed by atoms with Crippen molar-refractivity contribution in [2.24, 2.45) is 0 Å². The Morgan fingerprint density at radius 3 is 2.71 bits per heavy atom. The van der Waals surface area contributed by atoms with Crippen LogP contribution in [0.3, 0.4) is 0 Å². The summed E-state index contributed by atoms with van der Waals surface area (Å²) in [6.45, 7) is 0.737. The van der Waals surface area contributed by atoms with Crippen molar-refractivity contribution in [3.8, 4) is 5.75 Å². The smallest absolute Gasteiger partial charge is 0.320 e. The molecule has 1 fully saturated rings. The molecule has 28 heavy (non-hydrogen) atoms. The van der Waals surface area contributed by atoms with E-state index in [1.807, 2.05) is 36.4 Å². The molecule has 0 bridgehead atoms. The molecule has 4 nitrogen and oxygen atoms in total. The Morgan fingerprint density at radius 1 is 1.14 bits per heavy atom. The summed E-state index contributed by atoms with van der Waals surface area (Å²) >= 11 is 3.58. The molecular weight excluding hydrogens is 418 g/mol. The van der Waals surface area contributed by atoms with Gasteiger partial charge in [0.25, 0.3) is 0 Å². The molecule has 3 aromatic rings. The van der Waals surface area contributed by atoms with Gasteiger partial charge in [0, 0.05) is 16.6 Å². The Morgan fingerprint density at radius 2 is 1.93 bits per heavy atom. The van der Waals surface area contributed by atoms with Crippen LogP contribution in [0.15, 0.2) is 65.1 Å². The third-order valence-corrected chi connectivity index (χ3v) is 6.01. The fourth-order valence-electron chi connectivity index (χ4n) is 4.30. The second kappa shape index (κ2) is 7.94. The highest BCUT2D eigenvalue weighted by molar-refractivity contribution is 9.10. The number of benzene rings is 3. The number of halogens is 1. The van der Waals surface area contributed by atoms with E-state index < -0.39 is 12.0 Å². The molecule has 2 unspecified atom stereocenters. The van der Waals surface area contributed by atoms with Crippen molar-refractivity contribution in [2.45, 2.75) is 24.9 Å². The fraction of sp³-hybridized carbons (Fsp3) is 0.261. The van der Waals surface area contributed by atoms with Crippen molar-refractivity contribution in [3.05, 3.63) is 76.3 Å². The van der Waals surface area contributed by atoms with Crippen molar-refractivity contribution in [3.63, 3.8) is 0 Å². The SMILES string of the molecule is COc1ccc(Br)cc1C(c1cccc2ccccc12)N1CCCC1C(=O)O. The molecule has 2 atom stereocenters. The van der Waals surface area contributed by atoms with Gasteiger partial charge in [0.05, 0.1) is 13.2 Å². The Labute approximate surface area is 172 Å². The van der Waals surface area contributed by atoms with Crippen LogP contribution in [0.1, 0.15) is 30.0 Å². The van der Waals surface area contributed by atoms with E-state index in [-0.39, 0.29) is 6.04 Å². The van der Waals surface area contributed by atoms with Crippen LogP contribution in [0.4, 0.5) is 0 Å². The lowest BCUT2D eigenvalue weighted by atomic mass is 9.91. The molecule has 0 spiro atoms. The third kappa shape index (κ3) is 3.40. The molecule has 0 radical (unpaired) electrons. The molecule has 3 aromatic carbocycles. The first-order valence-electron chi connectivity index (χ1n) is 9.40. The quantitative estimate of drug-likeness (QED) is 0.589. The Hall–Kier alpha value is -2.37. The normalized spacial score (nSPS) is 18.3. The van der Waals surface area contributed by atoms with E-state index in [0.717, 1.165) is 45.1 Å². The maximum absolute atomic E-state index is 12.0. The van der Waals surface area contributed by atoms with Gasteiger partial charge in [0.2, 0.25) is 0 Å². The summed E-state index contributed by atoms with van der Waals surface area (Å²) in [4.78, 5) is 14.1. The molecule has 1 saturated heterocycles. The summed E-state index contributed by atoms with van der Waals surface area (Å²) in [6, 6.07) is 19.7. The minimum atomic E-state index is -0.767. The van der Waals surface area contributed by atoms with E-state index in [1.165, 1.54) is 0 Å². The molecule has 0 saturated carbocycles. The summed E-state index contributed by atoms with van der Waals surface area (Å²) < 4.78 is 6.62. The van der Waals surface area contributed by atoms with Gasteiger partial charge < -0.3 is 9.84 Å². The molecule has 1 aliphatic heterocycles. The van der Waals surface area contributed by atoms with Crippen LogP contribution in [0, 0.1) is 0 Å². The van der Waals surface area contributed by atoms with Crippen molar-refractivity contribution in [1.82, 2.24) is 4.90 Å². The Kier molecular flexibility index (Phi) is 5.38. The maximum atomic E-state index is 12.0. The Bertz CT molecular complexity index is 1010. The van der Waals surface area contributed by atoms with Gasteiger partial charge in [0.15, 0.2) is 0 Å². The lowest BCUT2D eigenvalue weighted by Crippen LogP contribution is -2.39. The van der Waals surface area contributed by atoms with Crippen molar-refractivity contribution >= 4 is 32.7 Å². The first-order valence-corrected chi connectivity index (χ1v) is 10.2. The fourth-order valence-corrected chi connectivity index (χ4v) is 4.67. The molecular formula is C23H22BrNO3. The van der Waals surface area contributed by atoms with Gasteiger partial charge in [-0.3, -0.25) is 9.69 Å². The Balaban J connectivity index is 1.97. The van der Waals surface area contributed by atoms with Gasteiger partial charge in [-0.05, 0) is 47.4 Å². The highest BCUT2D eigenvalue weighted by atomic mass is 79.9. The zero-order valence-corrected chi connectivity index (χ0v) is 17.2. The molecule has 1 N–H and O–H groups in total. The average molecular weight is 440 g/mol. The molecule has 1 heterocycles. The van der Waals surface area contributed by atoms with Gasteiger partial charge in [-0.15, -0.1) is 0 Å². The predicted molar refractivity (Wildman–Crippen MR) is 114 cm³/mol. The standard InChI is InChI=1S/C23H22BrNO3/c1-28-21-12-11-16(24)14-19(21)22(25-13-5-10-20(25)23(26)27)18-9-4-7-15-6-2-3-8-17(15)18/h2-4,6-9,11-12,14,20,22H,5,10,13H2,1H3,(H,26,27). The number of fused-ring (bicyclic) bond motifs is 1. The second-order valence-corrected chi connectivity index (χ2v) is 8.01. The maximum Gasteiger partial charge on any atom is 0.320 e. The number of nitrogens with zero attached hydrogens (tertiary/aromatic N) is 1. The third-order valence-electron chi connectivity index (χ3n) is 5.52. The van der Waals surface area contributed by atoms with Gasteiger partial charge in [-0.1, -0.05) is 58.4 Å². The van der Waals surface area contributed by atoms with Crippen molar-refractivity contribution < 1.29 is 14.6 Å². The lowest BCUT2D eigenvalue weighted by molar-refractivity contribution is -0.142. The summed E-state index contributed by atoms with van der Waals surface area (Å²) in [5, 5.41) is 12.1. The number of carboxylic acids is 1. The van der Waals surface area contributed by atoms with E-state index in [9.17, 15) is 9.90 Å². The number of rotatable bonds is 5. The first-order chi connectivity index (χ1) is 13.6. The number of methoxy groups -OCH3 is 1. The van der Waals surface area contributed by atoms with E-state index >= 15 is 0 Å².